The predicted octanol–water partition coefficient (Wildman–Crippen LogP) is 2.89. The van der Waals surface area contributed by atoms with Crippen molar-refractivity contribution in [2.45, 2.75) is 25.5 Å². The maximum absolute atomic E-state index is 12.3. The van der Waals surface area contributed by atoms with Crippen LogP contribution in [0, 0.1) is 13.8 Å². The second-order valence-corrected chi connectivity index (χ2v) is 6.56. The number of nitrogens with zero attached hydrogens (tertiary/aromatic N) is 2. The van der Waals surface area contributed by atoms with Gasteiger partial charge in [0.25, 0.3) is 0 Å². The van der Waals surface area contributed by atoms with Crippen molar-refractivity contribution in [3.05, 3.63) is 29.6 Å². The molecule has 0 saturated heterocycles. The Labute approximate surface area is 158 Å². The molecule has 0 aliphatic carbocycles. The van der Waals surface area contributed by atoms with Crippen molar-refractivity contribution in [2.75, 3.05) is 39.0 Å². The Balaban J connectivity index is 2.02. The van der Waals surface area contributed by atoms with Crippen LogP contribution >= 0.6 is 11.8 Å². The number of thioether (sulfide) groups is 1. The molecule has 1 N–H and O–H groups in total. The number of imidazole rings is 1. The molecule has 2 aromatic rings. The molecule has 0 aliphatic rings. The normalized spacial score (nSPS) is 10.7. The van der Waals surface area contributed by atoms with E-state index in [2.05, 4.69) is 14.9 Å². The average molecular weight is 379 g/mol. The molecule has 0 atom stereocenters. The molecule has 142 valence electrons. The van der Waals surface area contributed by atoms with E-state index in [4.69, 9.17) is 14.2 Å². The number of methoxy groups -OCH3 is 3. The van der Waals surface area contributed by atoms with Gasteiger partial charge >= 0.3 is 0 Å². The molecule has 0 saturated carbocycles. The Hall–Kier alpha value is -2.19. The fourth-order valence-corrected chi connectivity index (χ4v) is 3.32. The van der Waals surface area contributed by atoms with Crippen LogP contribution in [0.25, 0.3) is 0 Å². The summed E-state index contributed by atoms with van der Waals surface area (Å²) in [5, 5.41) is 3.68. The van der Waals surface area contributed by atoms with Crippen LogP contribution in [0.3, 0.4) is 0 Å². The van der Waals surface area contributed by atoms with E-state index >= 15 is 0 Å². The largest absolute Gasteiger partial charge is 0.497 e. The zero-order chi connectivity index (χ0) is 19.1. The van der Waals surface area contributed by atoms with E-state index in [-0.39, 0.29) is 11.7 Å². The van der Waals surface area contributed by atoms with Crippen LogP contribution in [-0.4, -0.2) is 49.1 Å². The molecule has 1 aromatic carbocycles. The molecule has 1 amide bonds. The van der Waals surface area contributed by atoms with Gasteiger partial charge in [0.1, 0.15) is 11.5 Å². The van der Waals surface area contributed by atoms with Gasteiger partial charge in [-0.2, -0.15) is 0 Å². The average Bonchev–Trinajstić information content (AvgIpc) is 2.92. The lowest BCUT2D eigenvalue weighted by molar-refractivity contribution is -0.113. The van der Waals surface area contributed by atoms with Crippen LogP contribution in [0.4, 0.5) is 5.69 Å². The Bertz CT molecular complexity index is 761. The van der Waals surface area contributed by atoms with Gasteiger partial charge in [-0.3, -0.25) is 4.79 Å². The summed E-state index contributed by atoms with van der Waals surface area (Å²) in [7, 11) is 4.80. The second kappa shape index (κ2) is 9.49. The number of aryl methyl sites for hydroxylation is 1. The lowest BCUT2D eigenvalue weighted by atomic mass is 10.2. The first-order valence-corrected chi connectivity index (χ1v) is 9.16. The summed E-state index contributed by atoms with van der Waals surface area (Å²) in [6.07, 6.45) is 0. The molecule has 2 rings (SSSR count). The number of amides is 1. The zero-order valence-electron chi connectivity index (χ0n) is 15.8. The van der Waals surface area contributed by atoms with Crippen molar-refractivity contribution in [3.63, 3.8) is 0 Å². The van der Waals surface area contributed by atoms with Crippen molar-refractivity contribution in [2.24, 2.45) is 0 Å². The summed E-state index contributed by atoms with van der Waals surface area (Å²) in [5.41, 5.74) is 2.65. The van der Waals surface area contributed by atoms with Gasteiger partial charge in [0.05, 0.1) is 38.0 Å². The fraction of sp³-hybridized carbons (Fsp3) is 0.444. The maximum atomic E-state index is 12.3. The highest BCUT2D eigenvalue weighted by atomic mass is 32.2. The van der Waals surface area contributed by atoms with Gasteiger partial charge in [-0.1, -0.05) is 11.8 Å². The van der Waals surface area contributed by atoms with Crippen LogP contribution in [0.5, 0.6) is 11.5 Å². The molecule has 0 unspecified atom stereocenters. The first kappa shape index (κ1) is 20.1. The predicted molar refractivity (Wildman–Crippen MR) is 102 cm³/mol. The lowest BCUT2D eigenvalue weighted by Crippen LogP contribution is -2.15. The van der Waals surface area contributed by atoms with Gasteiger partial charge in [-0.25, -0.2) is 4.98 Å². The van der Waals surface area contributed by atoms with Gasteiger partial charge in [-0.15, -0.1) is 0 Å². The summed E-state index contributed by atoms with van der Waals surface area (Å²) in [4.78, 5) is 16.9. The first-order valence-electron chi connectivity index (χ1n) is 8.17. The third kappa shape index (κ3) is 4.92. The van der Waals surface area contributed by atoms with Crippen molar-refractivity contribution >= 4 is 23.4 Å². The molecule has 0 fully saturated rings. The third-order valence-corrected chi connectivity index (χ3v) is 4.93. The monoisotopic (exact) mass is 379 g/mol. The molecule has 0 bridgehead atoms. The number of ether oxygens (including phenoxy) is 3. The quantitative estimate of drug-likeness (QED) is 0.675. The standard InChI is InChI=1S/C18H25N3O4S/c1-12-13(2)21(8-9-23-3)18(19-12)26-11-17(22)20-15-7-6-14(24-4)10-16(15)25-5/h6-7,10H,8-9,11H2,1-5H3,(H,20,22). The second-order valence-electron chi connectivity index (χ2n) is 5.61. The van der Waals surface area contributed by atoms with Gasteiger partial charge in [0.15, 0.2) is 5.16 Å². The molecular formula is C18H25N3O4S. The highest BCUT2D eigenvalue weighted by Crippen LogP contribution is 2.29. The number of carbonyl (C=O) groups is 1. The van der Waals surface area contributed by atoms with Gasteiger partial charge in [0, 0.05) is 25.4 Å². The number of benzene rings is 1. The molecule has 0 aliphatic heterocycles. The lowest BCUT2D eigenvalue weighted by Gasteiger charge is -2.12. The number of hydrogen-bond acceptors (Lipinski definition) is 6. The molecule has 7 nitrogen and oxygen atoms in total. The maximum Gasteiger partial charge on any atom is 0.234 e. The summed E-state index contributed by atoms with van der Waals surface area (Å²) in [5.74, 6) is 1.34. The van der Waals surface area contributed by atoms with E-state index in [1.165, 1.54) is 11.8 Å². The fourth-order valence-electron chi connectivity index (χ4n) is 2.40. The molecule has 1 aromatic heterocycles. The minimum absolute atomic E-state index is 0.130. The highest BCUT2D eigenvalue weighted by molar-refractivity contribution is 7.99. The summed E-state index contributed by atoms with van der Waals surface area (Å²) < 4.78 is 17.7. The Morgan fingerprint density at radius 2 is 2.00 bits per heavy atom. The van der Waals surface area contributed by atoms with E-state index in [0.717, 1.165) is 16.5 Å². The van der Waals surface area contributed by atoms with Crippen molar-refractivity contribution in [1.82, 2.24) is 9.55 Å². The first-order chi connectivity index (χ1) is 12.5. The van der Waals surface area contributed by atoms with Gasteiger partial charge in [0.2, 0.25) is 5.91 Å². The van der Waals surface area contributed by atoms with Crippen LogP contribution in [0.15, 0.2) is 23.4 Å². The van der Waals surface area contributed by atoms with E-state index in [1.807, 2.05) is 13.8 Å². The summed E-state index contributed by atoms with van der Waals surface area (Å²) in [6, 6.07) is 5.26. The topological polar surface area (TPSA) is 74.6 Å². The molecule has 26 heavy (non-hydrogen) atoms. The van der Waals surface area contributed by atoms with Gasteiger partial charge < -0.3 is 24.1 Å². The summed E-state index contributed by atoms with van der Waals surface area (Å²) in [6.45, 7) is 5.29. The highest BCUT2D eigenvalue weighted by Gasteiger charge is 2.14. The van der Waals surface area contributed by atoms with Crippen LogP contribution in [-0.2, 0) is 16.1 Å². The molecular weight excluding hydrogens is 354 g/mol. The van der Waals surface area contributed by atoms with Crippen LogP contribution < -0.4 is 14.8 Å². The number of hydrogen-bond donors (Lipinski definition) is 1. The zero-order valence-corrected chi connectivity index (χ0v) is 16.6. The van der Waals surface area contributed by atoms with Gasteiger partial charge in [-0.05, 0) is 26.0 Å². The number of nitrogens with one attached hydrogen (secondary N) is 1. The smallest absolute Gasteiger partial charge is 0.234 e. The van der Waals surface area contributed by atoms with E-state index in [9.17, 15) is 4.79 Å². The molecule has 0 spiro atoms. The molecule has 8 heteroatoms. The van der Waals surface area contributed by atoms with Crippen molar-refractivity contribution in [3.8, 4) is 11.5 Å². The Morgan fingerprint density at radius 3 is 2.65 bits per heavy atom. The van der Waals surface area contributed by atoms with Crippen molar-refractivity contribution in [1.29, 1.82) is 0 Å². The minimum atomic E-state index is -0.130. The Kier molecular flexibility index (Phi) is 7.35. The molecule has 1 heterocycles. The summed E-state index contributed by atoms with van der Waals surface area (Å²) >= 11 is 1.40. The van der Waals surface area contributed by atoms with E-state index in [0.29, 0.717) is 30.3 Å². The van der Waals surface area contributed by atoms with E-state index < -0.39 is 0 Å². The van der Waals surface area contributed by atoms with Crippen LogP contribution in [0.2, 0.25) is 0 Å². The van der Waals surface area contributed by atoms with Crippen molar-refractivity contribution < 1.29 is 19.0 Å². The van der Waals surface area contributed by atoms with E-state index in [1.54, 1.807) is 39.5 Å². The SMILES string of the molecule is COCCn1c(SCC(=O)Nc2ccc(OC)cc2OC)nc(C)c1C. The third-order valence-electron chi connectivity index (χ3n) is 3.96. The minimum Gasteiger partial charge on any atom is -0.497 e. The number of rotatable bonds is 9. The number of carbonyl (C=O) groups excluding carboxylic acids is 1. The Morgan fingerprint density at radius 1 is 1.23 bits per heavy atom. The number of anilines is 1. The molecule has 0 radical (unpaired) electrons. The number of aromatic nitrogens is 2. The van der Waals surface area contributed by atoms with Crippen LogP contribution in [0.1, 0.15) is 11.4 Å².